The molecule has 3 nitrogen and oxygen atoms in total. The summed E-state index contributed by atoms with van der Waals surface area (Å²) in [6.07, 6.45) is 9.96. The summed E-state index contributed by atoms with van der Waals surface area (Å²) in [6, 6.07) is 11.3. The molecule has 0 bridgehead atoms. The fraction of sp³-hybridized carbons (Fsp3) is 0.600. The van der Waals surface area contributed by atoms with Gasteiger partial charge < -0.3 is 15.8 Å². The van der Waals surface area contributed by atoms with Gasteiger partial charge in [-0.3, -0.25) is 0 Å². The van der Waals surface area contributed by atoms with Gasteiger partial charge in [0.15, 0.2) is 0 Å². The van der Waals surface area contributed by atoms with E-state index in [4.69, 9.17) is 4.74 Å². The molecule has 3 heteroatoms. The molecule has 0 amide bonds. The number of rotatable bonds is 7. The molecule has 0 spiro atoms. The minimum atomic E-state index is 0.505. The van der Waals surface area contributed by atoms with Crippen molar-refractivity contribution in [3.05, 3.63) is 47.2 Å². The second-order valence-corrected chi connectivity index (χ2v) is 6.26. The Morgan fingerprint density at radius 2 is 1.91 bits per heavy atom. The standard InChI is InChI=1S/C19H27NO.CH5N/c1-2-8-16(9-3-1)10-5-7-15-21-19(17-12-13-17)18-11-4-6-14-20-18;1-2/h1-3,8-9,18,20H,4-7,10-15H2;2H2,1H3. The van der Waals surface area contributed by atoms with Crippen molar-refractivity contribution in [3.63, 3.8) is 0 Å². The molecule has 23 heavy (non-hydrogen) atoms. The maximum absolute atomic E-state index is 6.16. The molecule has 1 atom stereocenters. The van der Waals surface area contributed by atoms with Gasteiger partial charge in [-0.2, -0.15) is 0 Å². The number of unbranched alkanes of at least 4 members (excludes halogenated alkanes) is 1. The number of nitrogens with two attached hydrogens (primary N) is 1. The summed E-state index contributed by atoms with van der Waals surface area (Å²) in [7, 11) is 1.50. The largest absolute Gasteiger partial charge is 0.496 e. The lowest BCUT2D eigenvalue weighted by Crippen LogP contribution is -2.36. The van der Waals surface area contributed by atoms with Gasteiger partial charge in [0, 0.05) is 0 Å². The first-order chi connectivity index (χ1) is 11.4. The van der Waals surface area contributed by atoms with E-state index in [1.54, 1.807) is 5.57 Å². The van der Waals surface area contributed by atoms with Crippen LogP contribution in [0.3, 0.4) is 0 Å². The Labute approximate surface area is 141 Å². The summed E-state index contributed by atoms with van der Waals surface area (Å²) in [5.41, 5.74) is 7.50. The minimum absolute atomic E-state index is 0.505. The predicted molar refractivity (Wildman–Crippen MR) is 97.3 cm³/mol. The molecule has 0 aromatic heterocycles. The molecular weight excluding hydrogens is 284 g/mol. The van der Waals surface area contributed by atoms with E-state index in [1.807, 2.05) is 0 Å². The molecule has 1 aromatic carbocycles. The molecule has 1 saturated heterocycles. The summed E-state index contributed by atoms with van der Waals surface area (Å²) >= 11 is 0. The van der Waals surface area contributed by atoms with E-state index in [-0.39, 0.29) is 0 Å². The average molecular weight is 316 g/mol. The lowest BCUT2D eigenvalue weighted by molar-refractivity contribution is 0.169. The van der Waals surface area contributed by atoms with Gasteiger partial charge in [-0.25, -0.2) is 0 Å². The van der Waals surface area contributed by atoms with Gasteiger partial charge in [0.1, 0.15) is 5.76 Å². The van der Waals surface area contributed by atoms with Crippen LogP contribution >= 0.6 is 0 Å². The quantitative estimate of drug-likeness (QED) is 0.594. The van der Waals surface area contributed by atoms with Crippen LogP contribution in [0, 0.1) is 0 Å². The number of piperidine rings is 1. The highest BCUT2D eigenvalue weighted by atomic mass is 16.5. The molecular formula is C20H32N2O. The van der Waals surface area contributed by atoms with E-state index < -0.39 is 0 Å². The third-order valence-corrected chi connectivity index (χ3v) is 4.44. The number of nitrogens with one attached hydrogen (secondary N) is 1. The van der Waals surface area contributed by atoms with E-state index in [0.29, 0.717) is 6.04 Å². The SMILES string of the molecule is CN.c1ccc(CCCCOC(=C2CC2)C2CCCCN2)cc1. The van der Waals surface area contributed by atoms with Crippen molar-refractivity contribution in [2.75, 3.05) is 20.2 Å². The van der Waals surface area contributed by atoms with E-state index in [2.05, 4.69) is 41.4 Å². The molecule has 1 aliphatic carbocycles. The molecule has 1 aliphatic heterocycles. The molecule has 3 N–H and O–H groups in total. The van der Waals surface area contributed by atoms with Crippen molar-refractivity contribution in [1.82, 2.24) is 5.32 Å². The third-order valence-electron chi connectivity index (χ3n) is 4.44. The summed E-state index contributed by atoms with van der Waals surface area (Å²) in [5, 5.41) is 3.62. The van der Waals surface area contributed by atoms with Gasteiger partial charge in [0.2, 0.25) is 0 Å². The van der Waals surface area contributed by atoms with Crippen molar-refractivity contribution in [2.24, 2.45) is 5.73 Å². The van der Waals surface area contributed by atoms with E-state index in [9.17, 15) is 0 Å². The Morgan fingerprint density at radius 1 is 1.13 bits per heavy atom. The maximum atomic E-state index is 6.16. The Hall–Kier alpha value is -1.32. The zero-order chi connectivity index (χ0) is 16.3. The zero-order valence-electron chi connectivity index (χ0n) is 14.5. The first kappa shape index (κ1) is 18.0. The molecule has 1 heterocycles. The second-order valence-electron chi connectivity index (χ2n) is 6.26. The van der Waals surface area contributed by atoms with Crippen LogP contribution in [0.1, 0.15) is 50.5 Å². The minimum Gasteiger partial charge on any atom is -0.496 e. The summed E-state index contributed by atoms with van der Waals surface area (Å²) in [5.74, 6) is 1.30. The molecule has 1 unspecified atom stereocenters. The van der Waals surface area contributed by atoms with Crippen LogP contribution in [-0.4, -0.2) is 26.2 Å². The fourth-order valence-corrected chi connectivity index (χ4v) is 3.09. The van der Waals surface area contributed by atoms with Crippen molar-refractivity contribution < 1.29 is 4.74 Å². The van der Waals surface area contributed by atoms with Gasteiger partial charge in [0.25, 0.3) is 0 Å². The normalized spacial score (nSPS) is 19.6. The van der Waals surface area contributed by atoms with Crippen LogP contribution in [0.15, 0.2) is 41.7 Å². The average Bonchev–Trinajstić information content (AvgIpc) is 3.46. The molecule has 2 fully saturated rings. The van der Waals surface area contributed by atoms with Gasteiger partial charge >= 0.3 is 0 Å². The number of hydrogen-bond donors (Lipinski definition) is 2. The second kappa shape index (κ2) is 10.5. The highest BCUT2D eigenvalue weighted by Gasteiger charge is 2.26. The van der Waals surface area contributed by atoms with Crippen LogP contribution in [0.25, 0.3) is 0 Å². The van der Waals surface area contributed by atoms with Crippen molar-refractivity contribution in [3.8, 4) is 0 Å². The monoisotopic (exact) mass is 316 g/mol. The van der Waals surface area contributed by atoms with Gasteiger partial charge in [-0.1, -0.05) is 36.8 Å². The van der Waals surface area contributed by atoms with Crippen LogP contribution in [0.5, 0.6) is 0 Å². The fourth-order valence-electron chi connectivity index (χ4n) is 3.09. The topological polar surface area (TPSA) is 47.3 Å². The Kier molecular flexibility index (Phi) is 8.19. The summed E-state index contributed by atoms with van der Waals surface area (Å²) < 4.78 is 6.16. The highest BCUT2D eigenvalue weighted by Crippen LogP contribution is 2.35. The van der Waals surface area contributed by atoms with Gasteiger partial charge in [-0.15, -0.1) is 0 Å². The molecule has 2 aliphatic rings. The maximum Gasteiger partial charge on any atom is 0.112 e. The van der Waals surface area contributed by atoms with E-state index in [1.165, 1.54) is 56.9 Å². The predicted octanol–water partition coefficient (Wildman–Crippen LogP) is 3.79. The van der Waals surface area contributed by atoms with Gasteiger partial charge in [0.05, 0.1) is 12.6 Å². The van der Waals surface area contributed by atoms with Crippen molar-refractivity contribution in [1.29, 1.82) is 0 Å². The summed E-state index contributed by atoms with van der Waals surface area (Å²) in [6.45, 7) is 2.03. The zero-order valence-corrected chi connectivity index (χ0v) is 14.5. The van der Waals surface area contributed by atoms with Crippen LogP contribution in [-0.2, 0) is 11.2 Å². The smallest absolute Gasteiger partial charge is 0.112 e. The first-order valence-electron chi connectivity index (χ1n) is 9.13. The molecule has 1 aromatic rings. The summed E-state index contributed by atoms with van der Waals surface area (Å²) in [4.78, 5) is 0. The molecule has 1 saturated carbocycles. The van der Waals surface area contributed by atoms with Crippen molar-refractivity contribution >= 4 is 0 Å². The van der Waals surface area contributed by atoms with Gasteiger partial charge in [-0.05, 0) is 69.7 Å². The van der Waals surface area contributed by atoms with Crippen LogP contribution < -0.4 is 11.1 Å². The Bertz CT molecular complexity index is 458. The number of benzene rings is 1. The van der Waals surface area contributed by atoms with Crippen LogP contribution in [0.2, 0.25) is 0 Å². The Morgan fingerprint density at radius 3 is 2.57 bits per heavy atom. The molecule has 0 radical (unpaired) electrons. The molecule has 3 rings (SSSR count). The number of hydrogen-bond acceptors (Lipinski definition) is 3. The van der Waals surface area contributed by atoms with E-state index >= 15 is 0 Å². The highest BCUT2D eigenvalue weighted by molar-refractivity contribution is 5.25. The van der Waals surface area contributed by atoms with E-state index in [0.717, 1.165) is 26.0 Å². The first-order valence-corrected chi connectivity index (χ1v) is 9.13. The lowest BCUT2D eigenvalue weighted by atomic mass is 10.0. The number of aryl methyl sites for hydroxylation is 1. The number of ether oxygens (including phenoxy) is 1. The lowest BCUT2D eigenvalue weighted by Gasteiger charge is -2.26. The Balaban J connectivity index is 0.000000924. The van der Waals surface area contributed by atoms with Crippen molar-refractivity contribution in [2.45, 2.75) is 57.4 Å². The third kappa shape index (κ3) is 6.36. The molecule has 128 valence electrons. The van der Waals surface area contributed by atoms with Crippen LogP contribution in [0.4, 0.5) is 0 Å². The number of allylic oxidation sites excluding steroid dienone is 1.